The lowest BCUT2D eigenvalue weighted by Gasteiger charge is -2.16. The number of aromatic nitrogens is 6. The molecular weight excluding hydrogens is 621 g/mol. The van der Waals surface area contributed by atoms with Crippen LogP contribution < -0.4 is 22.6 Å². The number of nitrogen functional groups attached to an aromatic ring is 2. The van der Waals surface area contributed by atoms with E-state index in [2.05, 4.69) is 29.5 Å². The lowest BCUT2D eigenvalue weighted by atomic mass is 10.1. The van der Waals surface area contributed by atoms with Crippen molar-refractivity contribution in [3.63, 3.8) is 0 Å². The summed E-state index contributed by atoms with van der Waals surface area (Å²) in [7, 11) is -2.30. The number of aromatic amines is 2. The Hall–Kier alpha value is -3.63. The van der Waals surface area contributed by atoms with E-state index in [1.165, 1.54) is 33.7 Å². The van der Waals surface area contributed by atoms with Crippen molar-refractivity contribution in [2.45, 2.75) is 49.4 Å². The highest BCUT2D eigenvalue weighted by atomic mass is 31.2. The van der Waals surface area contributed by atoms with Gasteiger partial charge in [-0.05, 0) is 12.1 Å². The zero-order valence-electron chi connectivity index (χ0n) is 22.2. The summed E-state index contributed by atoms with van der Waals surface area (Å²) >= 11 is 0. The molecule has 22 heteroatoms. The predicted octanol–water partition coefficient (Wildman–Crippen LogP) is -2.04. The Labute approximate surface area is 244 Å². The molecule has 4 aromatic heterocycles. The van der Waals surface area contributed by atoms with Gasteiger partial charge in [-0.15, -0.1) is 0 Å². The number of anilines is 2. The molecule has 0 radical (unpaired) electrons. The number of hydrogen-bond acceptors (Lipinski definition) is 15. The Morgan fingerprint density at radius 2 is 1.41 bits per heavy atom. The summed E-state index contributed by atoms with van der Waals surface area (Å²) < 4.78 is 45.2. The second-order valence-electron chi connectivity index (χ2n) is 9.50. The summed E-state index contributed by atoms with van der Waals surface area (Å²) in [5.74, 6) is -0.243. The van der Waals surface area contributed by atoms with Crippen molar-refractivity contribution < 1.29 is 53.1 Å². The van der Waals surface area contributed by atoms with Gasteiger partial charge >= 0.3 is 0 Å². The fraction of sp³-hybridized carbons (Fsp3) is 0.455. The van der Waals surface area contributed by atoms with Gasteiger partial charge in [0.15, 0.2) is 36.1 Å². The fourth-order valence-corrected chi connectivity index (χ4v) is 4.88. The number of halogens is 2. The number of nitrogens with zero attached hydrogens (tertiary/aromatic N) is 4. The molecule has 0 spiro atoms. The van der Waals surface area contributed by atoms with Crippen molar-refractivity contribution in [2.75, 3.05) is 24.4 Å². The Bertz CT molecular complexity index is 1740. The average molecular weight is 648 g/mol. The monoisotopic (exact) mass is 648 g/mol. The van der Waals surface area contributed by atoms with Gasteiger partial charge in [0, 0.05) is 12.4 Å². The van der Waals surface area contributed by atoms with Crippen LogP contribution in [0.25, 0.3) is 22.1 Å². The summed E-state index contributed by atoms with van der Waals surface area (Å²) in [5, 5.41) is 37.9. The van der Waals surface area contributed by atoms with E-state index in [4.69, 9.17) is 36.0 Å². The lowest BCUT2D eigenvalue weighted by Crippen LogP contribution is -2.29. The highest BCUT2D eigenvalue weighted by Crippen LogP contribution is 2.37. The molecule has 9 atom stereocenters. The summed E-state index contributed by atoms with van der Waals surface area (Å²) in [6.07, 6.45) is -9.84. The molecule has 2 aliphatic heterocycles. The maximum atomic E-state index is 14.1. The molecule has 11 N–H and O–H groups in total. The number of fused-ring (bicyclic) bond motifs is 2. The molecule has 0 amide bonds. The SMILES string of the molecule is Nc1nc2c(ccn2[C@@H]2O[C@H](CO)[C@H](F)C2O)c(=O)[nH]1.Nc1nc2c(ccn2[C@@H]2O[C@H](OOP(O)CO)[C@H](F)C2O)c(=O)[nH]1. The van der Waals surface area contributed by atoms with E-state index in [9.17, 15) is 28.6 Å². The molecule has 6 heterocycles. The van der Waals surface area contributed by atoms with Gasteiger partial charge in [-0.2, -0.15) is 19.5 Å². The van der Waals surface area contributed by atoms with Gasteiger partial charge in [0.2, 0.25) is 26.6 Å². The summed E-state index contributed by atoms with van der Waals surface area (Å²) in [5.41, 5.74) is 10.3. The van der Waals surface area contributed by atoms with Crippen LogP contribution in [-0.2, 0) is 19.0 Å². The maximum absolute atomic E-state index is 14.1. The maximum Gasteiger partial charge on any atom is 0.261 e. The molecule has 0 saturated carbocycles. The number of aliphatic hydroxyl groups excluding tert-OH is 4. The zero-order valence-corrected chi connectivity index (χ0v) is 23.1. The van der Waals surface area contributed by atoms with Crippen LogP contribution in [-0.4, -0.2) is 104 Å². The van der Waals surface area contributed by atoms with Crippen molar-refractivity contribution in [3.05, 3.63) is 45.2 Å². The Kier molecular flexibility index (Phi) is 9.23. The van der Waals surface area contributed by atoms with E-state index >= 15 is 0 Å². The van der Waals surface area contributed by atoms with Crippen LogP contribution in [0.5, 0.6) is 0 Å². The molecule has 2 aliphatic rings. The standard InChI is InChI=1S/C11H14FN4O7P.C11H13FN4O4/c12-5-6(18)9(21-10(5)22-23-24(20)3-17)16-2-1-4-7(16)14-11(13)15-8(4)19;12-6-5(3-17)20-10(7(6)18)16-2-1-4-8(16)14-11(13)15-9(4)19/h1-2,5-6,9-10,17-18,20H,3H2,(H3,13,14,15,19);1-2,5-7,10,17-18H,3H2,(H3,13,14,15,19)/t5-,6?,9-,10-,24?;5-,6+,7?,10-/m11/s1. The number of rotatable bonds is 7. The van der Waals surface area contributed by atoms with E-state index in [1.54, 1.807) is 0 Å². The number of nitrogens with one attached hydrogen (secondary N) is 2. The van der Waals surface area contributed by atoms with Crippen LogP contribution in [0, 0.1) is 0 Å². The lowest BCUT2D eigenvalue weighted by molar-refractivity contribution is -0.327. The molecule has 44 heavy (non-hydrogen) atoms. The Morgan fingerprint density at radius 3 is 1.89 bits per heavy atom. The van der Waals surface area contributed by atoms with Crippen molar-refractivity contribution in [1.29, 1.82) is 0 Å². The van der Waals surface area contributed by atoms with Crippen LogP contribution >= 0.6 is 8.38 Å². The second kappa shape index (κ2) is 12.8. The molecule has 4 aromatic rings. The minimum Gasteiger partial charge on any atom is -0.394 e. The minimum atomic E-state index is -2.30. The highest BCUT2D eigenvalue weighted by molar-refractivity contribution is 7.45. The number of alkyl halides is 2. The van der Waals surface area contributed by atoms with Gasteiger partial charge < -0.3 is 55.4 Å². The molecule has 0 aliphatic carbocycles. The van der Waals surface area contributed by atoms with Gasteiger partial charge in [-0.1, -0.05) is 0 Å². The smallest absolute Gasteiger partial charge is 0.261 e. The van der Waals surface area contributed by atoms with E-state index in [1.807, 2.05) is 0 Å². The van der Waals surface area contributed by atoms with Crippen molar-refractivity contribution in [1.82, 2.24) is 29.1 Å². The average Bonchev–Trinajstić information content (AvgIpc) is 3.74. The van der Waals surface area contributed by atoms with Gasteiger partial charge in [-0.25, -0.2) is 8.78 Å². The van der Waals surface area contributed by atoms with Crippen molar-refractivity contribution in [3.8, 4) is 0 Å². The molecule has 0 bridgehead atoms. The molecule has 3 unspecified atom stereocenters. The molecule has 0 aromatic carbocycles. The van der Waals surface area contributed by atoms with Gasteiger partial charge in [0.25, 0.3) is 11.1 Å². The number of hydrogen-bond donors (Lipinski definition) is 9. The summed E-state index contributed by atoms with van der Waals surface area (Å²) in [4.78, 5) is 49.7. The first-order valence-corrected chi connectivity index (χ1v) is 14.0. The van der Waals surface area contributed by atoms with Crippen LogP contribution in [0.1, 0.15) is 12.5 Å². The first-order chi connectivity index (χ1) is 20.9. The van der Waals surface area contributed by atoms with E-state index in [-0.39, 0.29) is 34.0 Å². The fourth-order valence-electron chi connectivity index (χ4n) is 4.65. The third-order valence-corrected chi connectivity index (χ3v) is 7.21. The molecule has 2 fully saturated rings. The van der Waals surface area contributed by atoms with Crippen LogP contribution in [0.2, 0.25) is 0 Å². The second-order valence-corrected chi connectivity index (χ2v) is 10.6. The number of nitrogens with two attached hydrogens (primary N) is 2. The third-order valence-electron chi connectivity index (χ3n) is 6.71. The quantitative estimate of drug-likeness (QED) is 0.0592. The van der Waals surface area contributed by atoms with Crippen LogP contribution in [0.15, 0.2) is 34.1 Å². The minimum absolute atomic E-state index is 0.0915. The molecule has 6 rings (SSSR count). The van der Waals surface area contributed by atoms with E-state index in [0.717, 1.165) is 0 Å². The van der Waals surface area contributed by atoms with Gasteiger partial charge in [-0.3, -0.25) is 19.6 Å². The number of ether oxygens (including phenoxy) is 2. The van der Waals surface area contributed by atoms with Crippen LogP contribution in [0.3, 0.4) is 0 Å². The molecular formula is C22H27F2N8O11P. The number of aliphatic hydroxyl groups is 4. The summed E-state index contributed by atoms with van der Waals surface area (Å²) in [6.45, 7) is -0.552. The number of H-pyrrole nitrogens is 2. The predicted molar refractivity (Wildman–Crippen MR) is 145 cm³/mol. The molecule has 2 saturated heterocycles. The normalized spacial score (nSPS) is 29.2. The Morgan fingerprint density at radius 1 is 0.909 bits per heavy atom. The first-order valence-electron chi connectivity index (χ1n) is 12.6. The first kappa shape index (κ1) is 31.8. The molecule has 19 nitrogen and oxygen atoms in total. The highest BCUT2D eigenvalue weighted by Gasteiger charge is 2.48. The zero-order chi connectivity index (χ0) is 31.9. The van der Waals surface area contributed by atoms with Gasteiger partial charge in [0.05, 0.1) is 17.4 Å². The topological polar surface area (TPSA) is 291 Å². The van der Waals surface area contributed by atoms with Gasteiger partial charge in [0.1, 0.15) is 24.7 Å². The Balaban J connectivity index is 0.000000177. The largest absolute Gasteiger partial charge is 0.394 e. The van der Waals surface area contributed by atoms with Crippen LogP contribution in [0.4, 0.5) is 20.7 Å². The summed E-state index contributed by atoms with van der Waals surface area (Å²) in [6, 6.07) is 2.88. The molecule has 240 valence electrons. The van der Waals surface area contributed by atoms with E-state index in [0.29, 0.717) is 0 Å². The van der Waals surface area contributed by atoms with E-state index < -0.39 is 81.8 Å². The third kappa shape index (κ3) is 5.89. The van der Waals surface area contributed by atoms with Crippen molar-refractivity contribution in [2.24, 2.45) is 0 Å². The van der Waals surface area contributed by atoms with Crippen molar-refractivity contribution >= 4 is 42.3 Å².